The maximum atomic E-state index is 13.0. The third-order valence-electron chi connectivity index (χ3n) is 8.18. The summed E-state index contributed by atoms with van der Waals surface area (Å²) in [6.45, 7) is 12.3. The number of hydrogen-bond donors (Lipinski definition) is 3. The van der Waals surface area contributed by atoms with E-state index in [-0.39, 0.29) is 28.6 Å². The van der Waals surface area contributed by atoms with E-state index in [0.29, 0.717) is 54.8 Å². The van der Waals surface area contributed by atoms with Crippen LogP contribution in [0.5, 0.6) is 5.75 Å². The van der Waals surface area contributed by atoms with Gasteiger partial charge in [-0.3, -0.25) is 4.79 Å². The number of aryl methyl sites for hydroxylation is 1. The van der Waals surface area contributed by atoms with Crippen LogP contribution in [-0.4, -0.2) is 61.6 Å². The third-order valence-corrected chi connectivity index (χ3v) is 10.7. The van der Waals surface area contributed by atoms with Crippen LogP contribution in [0.15, 0.2) is 57.5 Å². The molecule has 46 heavy (non-hydrogen) atoms. The number of carbonyl (C=O) groups excluding carboxylic acids is 2. The molecule has 2 aliphatic heterocycles. The van der Waals surface area contributed by atoms with Gasteiger partial charge in [0.1, 0.15) is 17.7 Å². The van der Waals surface area contributed by atoms with Crippen LogP contribution in [0.1, 0.15) is 83.8 Å². The molecule has 2 heterocycles. The van der Waals surface area contributed by atoms with Crippen LogP contribution in [-0.2, 0) is 19.4 Å². The Bertz CT molecular complexity index is 1600. The number of likely N-dealkylation sites (tertiary alicyclic amines) is 1. The van der Waals surface area contributed by atoms with Crippen LogP contribution in [0.4, 0.5) is 11.4 Å². The first-order valence-corrected chi connectivity index (χ1v) is 17.8. The van der Waals surface area contributed by atoms with Crippen LogP contribution in [0.2, 0.25) is 0 Å². The molecule has 1 saturated heterocycles. The van der Waals surface area contributed by atoms with E-state index in [1.807, 2.05) is 24.8 Å². The first kappa shape index (κ1) is 35.3. The minimum Gasteiger partial charge on any atom is -0.489 e. The number of amides is 1. The molecule has 0 spiro atoms. The lowest BCUT2D eigenvalue weighted by Crippen LogP contribution is -2.46. The molecule has 2 aliphatic rings. The van der Waals surface area contributed by atoms with Gasteiger partial charge in [-0.25, -0.2) is 13.4 Å². The quantitative estimate of drug-likeness (QED) is 0.239. The number of sulfone groups is 1. The predicted octanol–water partition coefficient (Wildman–Crippen LogP) is 6.32. The first-order valence-electron chi connectivity index (χ1n) is 15.9. The number of anilines is 2. The molecule has 1 atom stereocenters. The minimum atomic E-state index is -3.53. The molecule has 12 heteroatoms. The Hall–Kier alpha value is -3.57. The van der Waals surface area contributed by atoms with E-state index in [0.717, 1.165) is 24.1 Å². The van der Waals surface area contributed by atoms with Gasteiger partial charge >= 0.3 is 0 Å². The van der Waals surface area contributed by atoms with Gasteiger partial charge in [-0.1, -0.05) is 23.7 Å². The Morgan fingerprint density at radius 1 is 1.09 bits per heavy atom. The lowest BCUT2D eigenvalue weighted by molar-refractivity contribution is -0.132. The summed E-state index contributed by atoms with van der Waals surface area (Å²) >= 11 is 6.52. The Morgan fingerprint density at radius 3 is 2.43 bits per heavy atom. The van der Waals surface area contributed by atoms with E-state index in [9.17, 15) is 18.0 Å². The monoisotopic (exact) mass is 671 g/mol. The molecule has 0 bridgehead atoms. The second-order valence-corrected chi connectivity index (χ2v) is 15.4. The third kappa shape index (κ3) is 8.82. The van der Waals surface area contributed by atoms with Crippen LogP contribution < -0.4 is 20.7 Å². The number of piperidine rings is 1. The number of benzene rings is 2. The number of halogens is 1. The number of guanidine groups is 1. The maximum absolute atomic E-state index is 13.0. The number of ketones is 1. The zero-order valence-corrected chi connectivity index (χ0v) is 29.1. The van der Waals surface area contributed by atoms with E-state index >= 15 is 0 Å². The van der Waals surface area contributed by atoms with E-state index in [4.69, 9.17) is 16.3 Å². The van der Waals surface area contributed by atoms with Crippen LogP contribution in [0.3, 0.4) is 0 Å². The molecular formula is C34H46ClN5O5S. The summed E-state index contributed by atoms with van der Waals surface area (Å²) in [4.78, 5) is 30.5. The van der Waals surface area contributed by atoms with Crippen LogP contribution in [0, 0.1) is 6.92 Å². The predicted molar refractivity (Wildman–Crippen MR) is 184 cm³/mol. The Balaban J connectivity index is 1.48. The van der Waals surface area contributed by atoms with Gasteiger partial charge in [0.15, 0.2) is 9.84 Å². The van der Waals surface area contributed by atoms with Crippen molar-refractivity contribution in [3.63, 3.8) is 0 Å². The number of para-hydroxylation sites is 1. The highest BCUT2D eigenvalue weighted by Crippen LogP contribution is 2.37. The maximum Gasteiger partial charge on any atom is 0.222 e. The minimum absolute atomic E-state index is 0.0741. The number of ether oxygens (including phenoxy) is 1. The first-order chi connectivity index (χ1) is 21.8. The number of hydrogen-bond acceptors (Lipinski definition) is 9. The van der Waals surface area contributed by atoms with Crippen molar-refractivity contribution in [3.8, 4) is 5.75 Å². The molecule has 1 amide bonds. The summed E-state index contributed by atoms with van der Waals surface area (Å²) in [5, 5.41) is 9.61. The summed E-state index contributed by atoms with van der Waals surface area (Å²) in [6.07, 6.45) is 3.98. The SMILES string of the molecule is CC(=O)CCCC(=O)N1CCC(c2cc(OC(C)C)c(NC3=NC=C(Cl)C(Nc4ccccc4S(=O)(=O)C(C)C)N3)cc2C)CC1. The van der Waals surface area contributed by atoms with Gasteiger partial charge in [0.25, 0.3) is 0 Å². The Labute approximate surface area is 277 Å². The summed E-state index contributed by atoms with van der Waals surface area (Å²) in [5.41, 5.74) is 3.45. The Kier molecular flexibility index (Phi) is 11.8. The molecule has 2 aromatic rings. The van der Waals surface area contributed by atoms with Gasteiger partial charge < -0.3 is 30.4 Å². The number of nitrogens with one attached hydrogen (secondary N) is 3. The zero-order valence-electron chi connectivity index (χ0n) is 27.5. The van der Waals surface area contributed by atoms with Gasteiger partial charge in [0.05, 0.1) is 32.7 Å². The van der Waals surface area contributed by atoms with Crippen molar-refractivity contribution in [2.45, 2.75) is 102 Å². The normalized spacial score (nSPS) is 17.3. The highest BCUT2D eigenvalue weighted by Gasteiger charge is 2.28. The molecule has 4 rings (SSSR count). The molecule has 3 N–H and O–H groups in total. The molecule has 0 aliphatic carbocycles. The fourth-order valence-electron chi connectivity index (χ4n) is 5.67. The number of carbonyl (C=O) groups is 2. The van der Waals surface area contributed by atoms with E-state index in [1.165, 1.54) is 11.8 Å². The molecule has 10 nitrogen and oxygen atoms in total. The van der Waals surface area contributed by atoms with Crippen molar-refractivity contribution >= 4 is 50.5 Å². The molecule has 0 radical (unpaired) electrons. The Morgan fingerprint density at radius 2 is 1.78 bits per heavy atom. The summed E-state index contributed by atoms with van der Waals surface area (Å²) in [6, 6.07) is 10.9. The molecular weight excluding hydrogens is 626 g/mol. The van der Waals surface area contributed by atoms with Crippen molar-refractivity contribution in [1.29, 1.82) is 0 Å². The average Bonchev–Trinajstić information content (AvgIpc) is 3.00. The highest BCUT2D eigenvalue weighted by atomic mass is 35.5. The molecule has 0 saturated carbocycles. The molecule has 250 valence electrons. The van der Waals surface area contributed by atoms with Crippen molar-refractivity contribution in [2.24, 2.45) is 4.99 Å². The van der Waals surface area contributed by atoms with Gasteiger partial charge in [-0.15, -0.1) is 0 Å². The second kappa shape index (κ2) is 15.3. The lowest BCUT2D eigenvalue weighted by atomic mass is 9.86. The van der Waals surface area contributed by atoms with Crippen LogP contribution >= 0.6 is 11.6 Å². The molecule has 0 aromatic heterocycles. The topological polar surface area (TPSA) is 129 Å². The zero-order chi connectivity index (χ0) is 33.6. The van der Waals surface area contributed by atoms with Crippen molar-refractivity contribution in [1.82, 2.24) is 10.2 Å². The fraction of sp³-hybridized carbons (Fsp3) is 0.500. The van der Waals surface area contributed by atoms with E-state index < -0.39 is 21.3 Å². The molecule has 1 unspecified atom stereocenters. The lowest BCUT2D eigenvalue weighted by Gasteiger charge is -2.33. The molecule has 1 fully saturated rings. The summed E-state index contributed by atoms with van der Waals surface area (Å²) in [7, 11) is -3.53. The highest BCUT2D eigenvalue weighted by molar-refractivity contribution is 7.92. The van der Waals surface area contributed by atoms with Crippen molar-refractivity contribution in [3.05, 3.63) is 58.8 Å². The van der Waals surface area contributed by atoms with Crippen LogP contribution in [0.25, 0.3) is 0 Å². The van der Waals surface area contributed by atoms with Gasteiger partial charge in [-0.05, 0) is 102 Å². The number of aliphatic imine (C=N–C) groups is 1. The summed E-state index contributed by atoms with van der Waals surface area (Å²) < 4.78 is 32.3. The van der Waals surface area contributed by atoms with Gasteiger partial charge in [0.2, 0.25) is 11.9 Å². The number of Topliss-reactive ketones (excluding diaryl/α,β-unsaturated/α-hetero) is 1. The molecule has 2 aromatic carbocycles. The second-order valence-electron chi connectivity index (χ2n) is 12.5. The summed E-state index contributed by atoms with van der Waals surface area (Å²) in [5.74, 6) is 1.62. The van der Waals surface area contributed by atoms with E-state index in [2.05, 4.69) is 33.9 Å². The standard InChI is InChI=1S/C34H46ClN5O5S/c1-21(2)45-30-19-26(25-14-16-40(17-15-25)32(42)13-9-10-24(6)41)23(5)18-29(30)38-34-36-20-27(35)33(39-34)37-28-11-7-8-12-31(28)46(43,44)22(3)4/h7-8,11-12,18-22,25,33,37H,9-10,13-17H2,1-6H3,(H2,36,38,39). The van der Waals surface area contributed by atoms with Gasteiger partial charge in [-0.2, -0.15) is 0 Å². The smallest absolute Gasteiger partial charge is 0.222 e. The average molecular weight is 672 g/mol. The number of nitrogens with zero attached hydrogens (tertiary/aromatic N) is 2. The van der Waals surface area contributed by atoms with Crippen molar-refractivity contribution < 1.29 is 22.7 Å². The largest absolute Gasteiger partial charge is 0.489 e. The number of rotatable bonds is 12. The van der Waals surface area contributed by atoms with Gasteiger partial charge in [0, 0.05) is 32.1 Å². The van der Waals surface area contributed by atoms with Crippen molar-refractivity contribution in [2.75, 3.05) is 23.7 Å². The fourth-order valence-corrected chi connectivity index (χ4v) is 7.03. The van der Waals surface area contributed by atoms with E-state index in [1.54, 1.807) is 45.0 Å².